The lowest BCUT2D eigenvalue weighted by Gasteiger charge is -2.46. The van der Waals surface area contributed by atoms with E-state index in [0.717, 1.165) is 45.7 Å². The molecule has 2 heterocycles. The van der Waals surface area contributed by atoms with E-state index in [1.807, 2.05) is 13.3 Å². The van der Waals surface area contributed by atoms with Gasteiger partial charge in [-0.15, -0.1) is 0 Å². The molecule has 2 fully saturated rings. The molecule has 0 radical (unpaired) electrons. The van der Waals surface area contributed by atoms with E-state index in [-0.39, 0.29) is 10.8 Å². The fourth-order valence-corrected chi connectivity index (χ4v) is 4.70. The van der Waals surface area contributed by atoms with Crippen LogP contribution in [0.15, 0.2) is 0 Å². The van der Waals surface area contributed by atoms with E-state index in [1.165, 1.54) is 0 Å². The minimum Gasteiger partial charge on any atom is -0.334 e. The summed E-state index contributed by atoms with van der Waals surface area (Å²) in [5.41, 5.74) is 0.261. The van der Waals surface area contributed by atoms with E-state index < -0.39 is 16.8 Å². The van der Waals surface area contributed by atoms with Crippen molar-refractivity contribution in [1.29, 1.82) is 0 Å². The minimum absolute atomic E-state index is 0.130. The standard InChI is InChI=1S/C13H26O4P2/c1-5-12(8-14-18(3)15-9-12)7-13(6-2)10-16-19(4)17-11-13/h5-11H2,1-4H3. The van der Waals surface area contributed by atoms with Crippen LogP contribution in [0.25, 0.3) is 0 Å². The molecule has 0 N–H and O–H groups in total. The van der Waals surface area contributed by atoms with Crippen LogP contribution in [-0.4, -0.2) is 39.8 Å². The number of rotatable bonds is 4. The Morgan fingerprint density at radius 2 is 1.05 bits per heavy atom. The Hall–Kier alpha value is 0.700. The molecule has 19 heavy (non-hydrogen) atoms. The molecule has 0 aromatic rings. The van der Waals surface area contributed by atoms with Crippen molar-refractivity contribution in [3.63, 3.8) is 0 Å². The number of hydrogen-bond donors (Lipinski definition) is 0. The van der Waals surface area contributed by atoms with Crippen LogP contribution >= 0.6 is 16.8 Å². The second kappa shape index (κ2) is 6.64. The molecule has 2 aliphatic heterocycles. The van der Waals surface area contributed by atoms with Crippen molar-refractivity contribution in [3.8, 4) is 0 Å². The summed E-state index contributed by atoms with van der Waals surface area (Å²) in [6, 6.07) is 0. The van der Waals surface area contributed by atoms with Crippen LogP contribution in [0.4, 0.5) is 0 Å². The van der Waals surface area contributed by atoms with Gasteiger partial charge in [-0.2, -0.15) is 0 Å². The van der Waals surface area contributed by atoms with Gasteiger partial charge >= 0.3 is 0 Å². The molecule has 4 nitrogen and oxygen atoms in total. The fraction of sp³-hybridized carbons (Fsp3) is 1.00. The van der Waals surface area contributed by atoms with E-state index in [1.54, 1.807) is 0 Å². The SMILES string of the molecule is CCC1(CC2(CC)COP(C)OC2)COP(C)OC1. The quantitative estimate of drug-likeness (QED) is 0.731. The van der Waals surface area contributed by atoms with Gasteiger partial charge in [0.15, 0.2) is 16.8 Å². The highest BCUT2D eigenvalue weighted by Crippen LogP contribution is 2.52. The summed E-state index contributed by atoms with van der Waals surface area (Å²) >= 11 is 0. The third-order valence-corrected chi connectivity index (χ3v) is 6.43. The average molecular weight is 308 g/mol. The summed E-state index contributed by atoms with van der Waals surface area (Å²) < 4.78 is 23.2. The lowest BCUT2D eigenvalue weighted by Crippen LogP contribution is -2.44. The van der Waals surface area contributed by atoms with Crippen LogP contribution in [0, 0.1) is 10.8 Å². The normalized spacial score (nSPS) is 44.2. The first-order valence-electron chi connectivity index (χ1n) is 7.02. The molecule has 0 aromatic heterocycles. The lowest BCUT2D eigenvalue weighted by atomic mass is 9.69. The Morgan fingerprint density at radius 3 is 1.32 bits per heavy atom. The van der Waals surface area contributed by atoms with Crippen molar-refractivity contribution in [1.82, 2.24) is 0 Å². The topological polar surface area (TPSA) is 36.9 Å². The fourth-order valence-electron chi connectivity index (χ4n) is 2.73. The molecular formula is C13H26O4P2. The summed E-state index contributed by atoms with van der Waals surface area (Å²) in [7, 11) is -1.33. The number of hydrogen-bond acceptors (Lipinski definition) is 4. The van der Waals surface area contributed by atoms with Gasteiger partial charge in [-0.1, -0.05) is 13.8 Å². The van der Waals surface area contributed by atoms with Crippen LogP contribution in [0.1, 0.15) is 33.1 Å². The van der Waals surface area contributed by atoms with Crippen LogP contribution < -0.4 is 0 Å². The van der Waals surface area contributed by atoms with Crippen molar-refractivity contribution >= 4 is 16.8 Å². The van der Waals surface area contributed by atoms with Crippen molar-refractivity contribution in [2.24, 2.45) is 10.8 Å². The van der Waals surface area contributed by atoms with Crippen LogP contribution in [0.2, 0.25) is 0 Å². The zero-order valence-corrected chi connectivity index (χ0v) is 14.3. The van der Waals surface area contributed by atoms with E-state index in [0.29, 0.717) is 0 Å². The van der Waals surface area contributed by atoms with Crippen molar-refractivity contribution in [2.45, 2.75) is 33.1 Å². The van der Waals surface area contributed by atoms with Gasteiger partial charge in [0.1, 0.15) is 0 Å². The van der Waals surface area contributed by atoms with E-state index in [9.17, 15) is 0 Å². The van der Waals surface area contributed by atoms with E-state index >= 15 is 0 Å². The first-order chi connectivity index (χ1) is 9.03. The summed E-state index contributed by atoms with van der Waals surface area (Å²) in [4.78, 5) is 0. The van der Waals surface area contributed by atoms with Gasteiger partial charge in [0.25, 0.3) is 0 Å². The molecule has 2 saturated heterocycles. The second-order valence-corrected chi connectivity index (χ2v) is 8.65. The highest BCUT2D eigenvalue weighted by molar-refractivity contribution is 7.46. The van der Waals surface area contributed by atoms with Crippen molar-refractivity contribution < 1.29 is 18.1 Å². The average Bonchev–Trinajstić information content (AvgIpc) is 2.45. The summed E-state index contributed by atoms with van der Waals surface area (Å²) in [5.74, 6) is 0. The Kier molecular flexibility index (Phi) is 5.62. The molecule has 0 atom stereocenters. The molecule has 2 rings (SSSR count). The molecule has 0 unspecified atom stereocenters. The Labute approximate surface area is 119 Å². The molecule has 0 aromatic carbocycles. The van der Waals surface area contributed by atoms with E-state index in [4.69, 9.17) is 18.1 Å². The van der Waals surface area contributed by atoms with Gasteiger partial charge in [-0.3, -0.25) is 0 Å². The molecule has 2 aliphatic rings. The monoisotopic (exact) mass is 308 g/mol. The Bertz CT molecular complexity index is 256. The summed E-state index contributed by atoms with van der Waals surface area (Å²) in [6.45, 7) is 11.8. The minimum atomic E-state index is -0.666. The van der Waals surface area contributed by atoms with Gasteiger partial charge in [-0.05, 0) is 19.3 Å². The molecule has 6 heteroatoms. The maximum absolute atomic E-state index is 5.80. The second-order valence-electron chi connectivity index (χ2n) is 5.86. The van der Waals surface area contributed by atoms with Gasteiger partial charge in [0.2, 0.25) is 0 Å². The van der Waals surface area contributed by atoms with Crippen molar-refractivity contribution in [2.75, 3.05) is 39.8 Å². The molecule has 0 aliphatic carbocycles. The van der Waals surface area contributed by atoms with Gasteiger partial charge < -0.3 is 18.1 Å². The maximum Gasteiger partial charge on any atom is 0.167 e. The predicted octanol–water partition coefficient (Wildman–Crippen LogP) is 4.15. The van der Waals surface area contributed by atoms with Gasteiger partial charge in [0.05, 0.1) is 26.4 Å². The van der Waals surface area contributed by atoms with Gasteiger partial charge in [0, 0.05) is 24.2 Å². The summed E-state index contributed by atoms with van der Waals surface area (Å²) in [5, 5.41) is 0. The third-order valence-electron chi connectivity index (χ3n) is 4.46. The predicted molar refractivity (Wildman–Crippen MR) is 79.6 cm³/mol. The smallest absolute Gasteiger partial charge is 0.167 e. The van der Waals surface area contributed by atoms with Crippen LogP contribution in [0.5, 0.6) is 0 Å². The first-order valence-corrected chi connectivity index (χ1v) is 10.3. The molecule has 0 spiro atoms. The summed E-state index contributed by atoms with van der Waals surface area (Å²) in [6.07, 6.45) is 3.23. The molecule has 0 amide bonds. The zero-order chi connectivity index (χ0) is 13.9. The maximum atomic E-state index is 5.80. The van der Waals surface area contributed by atoms with Gasteiger partial charge in [-0.25, -0.2) is 0 Å². The highest BCUT2D eigenvalue weighted by atomic mass is 31.2. The van der Waals surface area contributed by atoms with Crippen molar-refractivity contribution in [3.05, 3.63) is 0 Å². The van der Waals surface area contributed by atoms with Crippen LogP contribution in [-0.2, 0) is 18.1 Å². The molecule has 112 valence electrons. The highest BCUT2D eigenvalue weighted by Gasteiger charge is 2.44. The van der Waals surface area contributed by atoms with Crippen LogP contribution in [0.3, 0.4) is 0 Å². The molecule has 0 saturated carbocycles. The van der Waals surface area contributed by atoms with E-state index in [2.05, 4.69) is 13.8 Å². The Morgan fingerprint density at radius 1 is 0.737 bits per heavy atom. The first kappa shape index (κ1) is 16.1. The molecule has 0 bridgehead atoms. The largest absolute Gasteiger partial charge is 0.334 e. The zero-order valence-electron chi connectivity index (χ0n) is 12.5. The molecular weight excluding hydrogens is 282 g/mol. The third kappa shape index (κ3) is 3.87. The lowest BCUT2D eigenvalue weighted by molar-refractivity contribution is -0.0520. The Balaban J connectivity index is 2.03.